The standard InChI is InChI=1S/C13H17NO2S/c15-17(16)9-10(7-8-14-11-5-6-11)12-3-1-2-4-13(12)17/h1-4,10-11,14H,5-9H2. The minimum absolute atomic E-state index is 0.183. The van der Waals surface area contributed by atoms with E-state index in [9.17, 15) is 8.42 Å². The van der Waals surface area contributed by atoms with E-state index in [0.29, 0.717) is 16.7 Å². The van der Waals surface area contributed by atoms with Gasteiger partial charge in [-0.1, -0.05) is 18.2 Å². The fourth-order valence-corrected chi connectivity index (χ4v) is 4.47. The summed E-state index contributed by atoms with van der Waals surface area (Å²) in [4.78, 5) is 0.552. The maximum atomic E-state index is 12.0. The lowest BCUT2D eigenvalue weighted by molar-refractivity contribution is 0.580. The third-order valence-electron chi connectivity index (χ3n) is 3.62. The Bertz CT molecular complexity index is 520. The molecule has 92 valence electrons. The maximum absolute atomic E-state index is 12.0. The highest BCUT2D eigenvalue weighted by Crippen LogP contribution is 2.36. The van der Waals surface area contributed by atoms with Crippen molar-refractivity contribution in [3.8, 4) is 0 Å². The first-order valence-electron chi connectivity index (χ1n) is 6.22. The van der Waals surface area contributed by atoms with E-state index in [1.54, 1.807) is 12.1 Å². The first-order chi connectivity index (χ1) is 8.17. The predicted molar refractivity (Wildman–Crippen MR) is 66.9 cm³/mol. The number of fused-ring (bicyclic) bond motifs is 1. The Morgan fingerprint density at radius 1 is 1.24 bits per heavy atom. The van der Waals surface area contributed by atoms with Gasteiger partial charge in [-0.3, -0.25) is 0 Å². The monoisotopic (exact) mass is 251 g/mol. The molecule has 3 nitrogen and oxygen atoms in total. The molecule has 1 fully saturated rings. The summed E-state index contributed by atoms with van der Waals surface area (Å²) < 4.78 is 23.9. The van der Waals surface area contributed by atoms with Crippen molar-refractivity contribution in [1.29, 1.82) is 0 Å². The Hall–Kier alpha value is -0.870. The van der Waals surface area contributed by atoms with Crippen molar-refractivity contribution in [2.45, 2.75) is 36.1 Å². The van der Waals surface area contributed by atoms with Crippen LogP contribution in [0.1, 0.15) is 30.7 Å². The van der Waals surface area contributed by atoms with Crippen LogP contribution in [0.2, 0.25) is 0 Å². The van der Waals surface area contributed by atoms with Crippen molar-refractivity contribution in [1.82, 2.24) is 5.32 Å². The fourth-order valence-electron chi connectivity index (χ4n) is 2.53. The summed E-state index contributed by atoms with van der Waals surface area (Å²) in [7, 11) is -3.02. The summed E-state index contributed by atoms with van der Waals surface area (Å²) in [5.74, 6) is 0.473. The van der Waals surface area contributed by atoms with Gasteiger partial charge in [-0.15, -0.1) is 0 Å². The largest absolute Gasteiger partial charge is 0.314 e. The van der Waals surface area contributed by atoms with Gasteiger partial charge in [-0.25, -0.2) is 8.42 Å². The van der Waals surface area contributed by atoms with Crippen LogP contribution in [-0.2, 0) is 9.84 Å². The molecule has 0 spiro atoms. The number of nitrogens with one attached hydrogen (secondary N) is 1. The summed E-state index contributed by atoms with van der Waals surface area (Å²) in [5, 5.41) is 3.45. The molecule has 1 N–H and O–H groups in total. The average Bonchev–Trinajstić information content (AvgIpc) is 3.07. The van der Waals surface area contributed by atoms with Gasteiger partial charge in [0, 0.05) is 12.0 Å². The van der Waals surface area contributed by atoms with Gasteiger partial charge in [0.05, 0.1) is 10.6 Å². The van der Waals surface area contributed by atoms with E-state index in [1.165, 1.54) is 12.8 Å². The number of rotatable bonds is 4. The average molecular weight is 251 g/mol. The van der Waals surface area contributed by atoms with Crippen LogP contribution in [0.3, 0.4) is 0 Å². The number of hydrogen-bond donors (Lipinski definition) is 1. The normalized spacial score (nSPS) is 25.8. The van der Waals surface area contributed by atoms with E-state index < -0.39 is 9.84 Å². The minimum atomic E-state index is -3.02. The van der Waals surface area contributed by atoms with Crippen LogP contribution < -0.4 is 5.32 Å². The van der Waals surface area contributed by atoms with E-state index in [-0.39, 0.29) is 5.92 Å². The summed E-state index contributed by atoms with van der Waals surface area (Å²) in [6.07, 6.45) is 3.48. The van der Waals surface area contributed by atoms with Crippen molar-refractivity contribution in [3.05, 3.63) is 29.8 Å². The van der Waals surface area contributed by atoms with Gasteiger partial charge < -0.3 is 5.32 Å². The molecule has 1 aliphatic heterocycles. The van der Waals surface area contributed by atoms with Crippen LogP contribution >= 0.6 is 0 Å². The zero-order valence-corrected chi connectivity index (χ0v) is 10.5. The number of sulfone groups is 1. The molecule has 1 aromatic rings. The summed E-state index contributed by atoms with van der Waals surface area (Å²) in [5.41, 5.74) is 1.02. The highest BCUT2D eigenvalue weighted by atomic mass is 32.2. The molecule has 1 aromatic carbocycles. The maximum Gasteiger partial charge on any atom is 0.179 e. The number of hydrogen-bond acceptors (Lipinski definition) is 3. The third kappa shape index (κ3) is 2.24. The van der Waals surface area contributed by atoms with Crippen LogP contribution in [0.5, 0.6) is 0 Å². The Morgan fingerprint density at radius 2 is 2.00 bits per heavy atom. The Morgan fingerprint density at radius 3 is 2.76 bits per heavy atom. The molecule has 0 amide bonds. The SMILES string of the molecule is O=S1(=O)CC(CCNC2CC2)c2ccccc21. The van der Waals surface area contributed by atoms with Crippen molar-refractivity contribution in [2.24, 2.45) is 0 Å². The molecule has 1 heterocycles. The molecule has 0 saturated heterocycles. The van der Waals surface area contributed by atoms with Gasteiger partial charge in [-0.05, 0) is 37.4 Å². The molecule has 1 atom stereocenters. The molecule has 3 rings (SSSR count). The van der Waals surface area contributed by atoms with Crippen LogP contribution in [0, 0.1) is 0 Å². The molecule has 2 aliphatic rings. The van der Waals surface area contributed by atoms with E-state index in [4.69, 9.17) is 0 Å². The molecule has 4 heteroatoms. The molecular formula is C13H17NO2S. The lowest BCUT2D eigenvalue weighted by Gasteiger charge is -2.10. The molecule has 17 heavy (non-hydrogen) atoms. The molecule has 0 radical (unpaired) electrons. The van der Waals surface area contributed by atoms with Gasteiger partial charge in [0.1, 0.15) is 0 Å². The molecule has 1 unspecified atom stereocenters. The molecular weight excluding hydrogens is 234 g/mol. The van der Waals surface area contributed by atoms with E-state index >= 15 is 0 Å². The van der Waals surface area contributed by atoms with Crippen LogP contribution in [0.15, 0.2) is 29.2 Å². The quantitative estimate of drug-likeness (QED) is 0.886. The Kier molecular flexibility index (Phi) is 2.71. The van der Waals surface area contributed by atoms with E-state index in [1.807, 2.05) is 12.1 Å². The summed E-state index contributed by atoms with van der Waals surface area (Å²) in [6.45, 7) is 0.930. The fraction of sp³-hybridized carbons (Fsp3) is 0.538. The van der Waals surface area contributed by atoms with Gasteiger partial charge in [-0.2, -0.15) is 0 Å². The molecule has 0 bridgehead atoms. The van der Waals surface area contributed by atoms with Gasteiger partial charge in [0.2, 0.25) is 0 Å². The second-order valence-electron chi connectivity index (χ2n) is 5.03. The summed E-state index contributed by atoms with van der Waals surface area (Å²) >= 11 is 0. The van der Waals surface area contributed by atoms with Crippen molar-refractivity contribution >= 4 is 9.84 Å². The van der Waals surface area contributed by atoms with E-state index in [0.717, 1.165) is 18.5 Å². The van der Waals surface area contributed by atoms with Crippen molar-refractivity contribution in [2.75, 3.05) is 12.3 Å². The Labute approximate surface area is 102 Å². The second-order valence-corrected chi connectivity index (χ2v) is 7.04. The van der Waals surface area contributed by atoms with Crippen molar-refractivity contribution < 1.29 is 8.42 Å². The first-order valence-corrected chi connectivity index (χ1v) is 7.87. The molecule has 1 saturated carbocycles. The van der Waals surface area contributed by atoms with Gasteiger partial charge in [0.25, 0.3) is 0 Å². The Balaban J connectivity index is 1.74. The van der Waals surface area contributed by atoms with Gasteiger partial charge >= 0.3 is 0 Å². The van der Waals surface area contributed by atoms with Crippen molar-refractivity contribution in [3.63, 3.8) is 0 Å². The smallest absolute Gasteiger partial charge is 0.179 e. The minimum Gasteiger partial charge on any atom is -0.314 e. The lowest BCUT2D eigenvalue weighted by Crippen LogP contribution is -2.20. The lowest BCUT2D eigenvalue weighted by atomic mass is 9.98. The summed E-state index contributed by atoms with van der Waals surface area (Å²) in [6, 6.07) is 8.13. The molecule has 0 aromatic heterocycles. The molecule has 1 aliphatic carbocycles. The first kappa shape index (κ1) is 11.2. The predicted octanol–water partition coefficient (Wildman–Crippen LogP) is 1.70. The second kappa shape index (κ2) is 4.10. The van der Waals surface area contributed by atoms with Crippen LogP contribution in [0.25, 0.3) is 0 Å². The zero-order chi connectivity index (χ0) is 11.9. The number of benzene rings is 1. The van der Waals surface area contributed by atoms with Crippen LogP contribution in [0.4, 0.5) is 0 Å². The van der Waals surface area contributed by atoms with Gasteiger partial charge in [0.15, 0.2) is 9.84 Å². The highest BCUT2D eigenvalue weighted by Gasteiger charge is 2.34. The zero-order valence-electron chi connectivity index (χ0n) is 9.72. The van der Waals surface area contributed by atoms with E-state index in [2.05, 4.69) is 5.32 Å². The topological polar surface area (TPSA) is 46.2 Å². The van der Waals surface area contributed by atoms with Crippen LogP contribution in [-0.4, -0.2) is 26.8 Å². The highest BCUT2D eigenvalue weighted by molar-refractivity contribution is 7.91. The third-order valence-corrected chi connectivity index (χ3v) is 5.50.